The van der Waals surface area contributed by atoms with Crippen molar-refractivity contribution in [2.45, 2.75) is 20.0 Å². The van der Waals surface area contributed by atoms with Gasteiger partial charge in [-0.05, 0) is 31.5 Å². The van der Waals surface area contributed by atoms with Crippen LogP contribution in [0.2, 0.25) is 0 Å². The molecule has 0 aliphatic carbocycles. The summed E-state index contributed by atoms with van der Waals surface area (Å²) in [4.78, 5) is 0. The molecule has 1 atom stereocenters. The molecule has 0 aromatic heterocycles. The highest BCUT2D eigenvalue weighted by molar-refractivity contribution is 5.46. The van der Waals surface area contributed by atoms with Crippen LogP contribution in [-0.4, -0.2) is 17.8 Å². The van der Waals surface area contributed by atoms with Crippen molar-refractivity contribution in [1.82, 2.24) is 0 Å². The van der Waals surface area contributed by atoms with Gasteiger partial charge >= 0.3 is 0 Å². The Labute approximate surface area is 77.4 Å². The quantitative estimate of drug-likeness (QED) is 0.750. The molecule has 0 heterocycles. The molecule has 1 aromatic carbocycles. The van der Waals surface area contributed by atoms with Gasteiger partial charge in [0, 0.05) is 6.54 Å². The van der Waals surface area contributed by atoms with E-state index in [0.717, 1.165) is 5.56 Å². The zero-order valence-corrected chi connectivity index (χ0v) is 7.84. The molecular weight excluding hydrogens is 169 g/mol. The van der Waals surface area contributed by atoms with Crippen molar-refractivity contribution >= 4 is 5.69 Å². The number of nitrogens with one attached hydrogen (secondary N) is 1. The molecule has 0 bridgehead atoms. The minimum atomic E-state index is -0.472. The van der Waals surface area contributed by atoms with Crippen LogP contribution < -0.4 is 5.32 Å². The van der Waals surface area contributed by atoms with Crippen LogP contribution in [0.5, 0.6) is 0 Å². The molecule has 0 radical (unpaired) electrons. The van der Waals surface area contributed by atoms with Crippen LogP contribution in [0.15, 0.2) is 18.2 Å². The Morgan fingerprint density at radius 1 is 1.54 bits per heavy atom. The summed E-state index contributed by atoms with van der Waals surface area (Å²) in [5, 5.41) is 11.8. The third-order valence-corrected chi connectivity index (χ3v) is 1.71. The van der Waals surface area contributed by atoms with E-state index in [1.165, 1.54) is 6.07 Å². The minimum Gasteiger partial charge on any atom is -0.392 e. The summed E-state index contributed by atoms with van der Waals surface area (Å²) < 4.78 is 13.2. The van der Waals surface area contributed by atoms with Gasteiger partial charge in [-0.15, -0.1) is 0 Å². The average molecular weight is 183 g/mol. The predicted octanol–water partition coefficient (Wildman–Crippen LogP) is 1.93. The summed E-state index contributed by atoms with van der Waals surface area (Å²) in [5.41, 5.74) is 1.33. The largest absolute Gasteiger partial charge is 0.392 e. The fourth-order valence-corrected chi connectivity index (χ4v) is 1.02. The molecule has 1 aromatic rings. The van der Waals surface area contributed by atoms with Crippen LogP contribution in [-0.2, 0) is 0 Å². The van der Waals surface area contributed by atoms with E-state index in [4.69, 9.17) is 5.11 Å². The summed E-state index contributed by atoms with van der Waals surface area (Å²) in [6.45, 7) is 3.85. The Bertz CT molecular complexity index is 286. The minimum absolute atomic E-state index is 0.277. The van der Waals surface area contributed by atoms with Crippen LogP contribution in [0, 0.1) is 12.7 Å². The van der Waals surface area contributed by atoms with Gasteiger partial charge in [0.25, 0.3) is 0 Å². The second kappa shape index (κ2) is 4.23. The topological polar surface area (TPSA) is 32.3 Å². The van der Waals surface area contributed by atoms with Crippen LogP contribution >= 0.6 is 0 Å². The molecular formula is C10H14FNO. The molecule has 0 saturated heterocycles. The lowest BCUT2D eigenvalue weighted by Gasteiger charge is -2.09. The highest BCUT2D eigenvalue weighted by atomic mass is 19.1. The number of aliphatic hydroxyl groups is 1. The summed E-state index contributed by atoms with van der Waals surface area (Å²) >= 11 is 0. The Hall–Kier alpha value is -1.09. The second-order valence-electron chi connectivity index (χ2n) is 3.21. The number of benzene rings is 1. The van der Waals surface area contributed by atoms with Crippen LogP contribution in [0.1, 0.15) is 12.5 Å². The van der Waals surface area contributed by atoms with Crippen molar-refractivity contribution in [1.29, 1.82) is 0 Å². The lowest BCUT2D eigenvalue weighted by molar-refractivity contribution is 0.208. The van der Waals surface area contributed by atoms with Crippen molar-refractivity contribution in [3.05, 3.63) is 29.6 Å². The number of hydrogen-bond acceptors (Lipinski definition) is 2. The third-order valence-electron chi connectivity index (χ3n) is 1.71. The Morgan fingerprint density at radius 2 is 2.23 bits per heavy atom. The Kier molecular flexibility index (Phi) is 3.25. The molecule has 0 unspecified atom stereocenters. The summed E-state index contributed by atoms with van der Waals surface area (Å²) in [6, 6.07) is 4.96. The van der Waals surface area contributed by atoms with Gasteiger partial charge in [0.1, 0.15) is 5.82 Å². The van der Waals surface area contributed by atoms with E-state index in [1.807, 2.05) is 13.0 Å². The highest BCUT2D eigenvalue weighted by Gasteiger charge is 2.02. The number of anilines is 1. The third kappa shape index (κ3) is 3.03. The normalized spacial score (nSPS) is 12.6. The number of halogens is 1. The molecule has 0 amide bonds. The molecule has 2 N–H and O–H groups in total. The molecule has 13 heavy (non-hydrogen) atoms. The van der Waals surface area contributed by atoms with Crippen molar-refractivity contribution < 1.29 is 9.50 Å². The van der Waals surface area contributed by atoms with E-state index < -0.39 is 6.10 Å². The maximum atomic E-state index is 13.2. The molecule has 0 aliphatic rings. The first-order valence-corrected chi connectivity index (χ1v) is 4.27. The van der Waals surface area contributed by atoms with E-state index >= 15 is 0 Å². The van der Waals surface area contributed by atoms with Gasteiger partial charge in [-0.1, -0.05) is 6.07 Å². The zero-order valence-electron chi connectivity index (χ0n) is 7.84. The van der Waals surface area contributed by atoms with Crippen molar-refractivity contribution in [2.24, 2.45) is 0 Å². The van der Waals surface area contributed by atoms with Gasteiger partial charge < -0.3 is 10.4 Å². The lowest BCUT2D eigenvalue weighted by atomic mass is 10.2. The SMILES string of the molecule is Cc1ccc(NC[C@H](C)O)c(F)c1. The van der Waals surface area contributed by atoms with E-state index in [0.29, 0.717) is 12.2 Å². The monoisotopic (exact) mass is 183 g/mol. The molecule has 2 nitrogen and oxygen atoms in total. The van der Waals surface area contributed by atoms with Crippen molar-refractivity contribution in [3.8, 4) is 0 Å². The number of aliphatic hydroxyl groups excluding tert-OH is 1. The Balaban J connectivity index is 2.67. The first-order valence-electron chi connectivity index (χ1n) is 4.27. The maximum absolute atomic E-state index is 13.2. The van der Waals surface area contributed by atoms with Gasteiger partial charge in [0.05, 0.1) is 11.8 Å². The van der Waals surface area contributed by atoms with E-state index in [1.54, 1.807) is 13.0 Å². The van der Waals surface area contributed by atoms with E-state index in [-0.39, 0.29) is 5.82 Å². The fraction of sp³-hybridized carbons (Fsp3) is 0.400. The molecule has 3 heteroatoms. The molecule has 0 saturated carbocycles. The standard InChI is InChI=1S/C10H14FNO/c1-7-3-4-10(9(11)5-7)12-6-8(2)13/h3-5,8,12-13H,6H2,1-2H3/t8-/m0/s1. The molecule has 72 valence electrons. The van der Waals surface area contributed by atoms with Crippen molar-refractivity contribution in [2.75, 3.05) is 11.9 Å². The first-order chi connectivity index (χ1) is 6.09. The lowest BCUT2D eigenvalue weighted by Crippen LogP contribution is -2.15. The Morgan fingerprint density at radius 3 is 2.77 bits per heavy atom. The van der Waals surface area contributed by atoms with Gasteiger partial charge in [0.2, 0.25) is 0 Å². The van der Waals surface area contributed by atoms with Gasteiger partial charge in [-0.3, -0.25) is 0 Å². The van der Waals surface area contributed by atoms with Crippen LogP contribution in [0.3, 0.4) is 0 Å². The molecule has 0 fully saturated rings. The van der Waals surface area contributed by atoms with Gasteiger partial charge in [0.15, 0.2) is 0 Å². The van der Waals surface area contributed by atoms with E-state index in [9.17, 15) is 4.39 Å². The molecule has 0 aliphatic heterocycles. The summed E-state index contributed by atoms with van der Waals surface area (Å²) in [5.74, 6) is -0.277. The smallest absolute Gasteiger partial charge is 0.146 e. The second-order valence-corrected chi connectivity index (χ2v) is 3.21. The van der Waals surface area contributed by atoms with Crippen LogP contribution in [0.25, 0.3) is 0 Å². The number of rotatable bonds is 3. The summed E-state index contributed by atoms with van der Waals surface area (Å²) in [6.07, 6.45) is -0.472. The zero-order chi connectivity index (χ0) is 9.84. The highest BCUT2D eigenvalue weighted by Crippen LogP contribution is 2.14. The van der Waals surface area contributed by atoms with Gasteiger partial charge in [-0.2, -0.15) is 0 Å². The van der Waals surface area contributed by atoms with Crippen LogP contribution in [0.4, 0.5) is 10.1 Å². The first kappa shape index (κ1) is 9.99. The van der Waals surface area contributed by atoms with E-state index in [2.05, 4.69) is 5.32 Å². The van der Waals surface area contributed by atoms with Crippen molar-refractivity contribution in [3.63, 3.8) is 0 Å². The maximum Gasteiger partial charge on any atom is 0.146 e. The molecule has 0 spiro atoms. The number of aryl methyl sites for hydroxylation is 1. The number of hydrogen-bond donors (Lipinski definition) is 2. The predicted molar refractivity (Wildman–Crippen MR) is 51.3 cm³/mol. The summed E-state index contributed by atoms with van der Waals surface area (Å²) in [7, 11) is 0. The molecule has 1 rings (SSSR count). The van der Waals surface area contributed by atoms with Gasteiger partial charge in [-0.25, -0.2) is 4.39 Å². The fourth-order valence-electron chi connectivity index (χ4n) is 1.02. The average Bonchev–Trinajstić information content (AvgIpc) is 2.02.